The summed E-state index contributed by atoms with van der Waals surface area (Å²) in [7, 11) is 4.83. The third-order valence-electron chi connectivity index (χ3n) is 7.02. The lowest BCUT2D eigenvalue weighted by atomic mass is 9.81. The maximum absolute atomic E-state index is 13.0. The number of fused-ring (bicyclic) bond motifs is 1. The molecule has 10 nitrogen and oxygen atoms in total. The van der Waals surface area contributed by atoms with Crippen molar-refractivity contribution < 1.29 is 19.1 Å². The number of piperazine rings is 1. The minimum absolute atomic E-state index is 0.0185. The van der Waals surface area contributed by atoms with Crippen LogP contribution in [0.25, 0.3) is 11.2 Å². The highest BCUT2D eigenvalue weighted by atomic mass is 16.5. The number of rotatable bonds is 6. The van der Waals surface area contributed by atoms with E-state index in [-0.39, 0.29) is 30.0 Å². The van der Waals surface area contributed by atoms with Crippen molar-refractivity contribution in [3.05, 3.63) is 22.6 Å². The molecule has 0 spiro atoms. The van der Waals surface area contributed by atoms with Gasteiger partial charge in [0, 0.05) is 58.9 Å². The van der Waals surface area contributed by atoms with Gasteiger partial charge in [-0.1, -0.05) is 0 Å². The summed E-state index contributed by atoms with van der Waals surface area (Å²) in [5.41, 5.74) is 1.35. The zero-order chi connectivity index (χ0) is 23.5. The molecule has 33 heavy (non-hydrogen) atoms. The molecule has 2 aromatic heterocycles. The Hall–Kier alpha value is -2.88. The number of imidazole rings is 1. The van der Waals surface area contributed by atoms with Crippen LogP contribution < -0.4 is 10.4 Å². The molecule has 1 aliphatic heterocycles. The minimum atomic E-state index is -0.0788. The molecule has 1 saturated heterocycles. The van der Waals surface area contributed by atoms with Crippen LogP contribution in [0.2, 0.25) is 0 Å². The number of carbonyl (C=O) groups excluding carboxylic acids is 2. The molecule has 1 aliphatic carbocycles. The average molecular weight is 460 g/mol. The standard InChI is InChI=1S/C23H33N5O5/c1-25-18-8-9-19(33-3)24-21(18)28(23(25)31)14-16-4-6-17(7-5-16)22(30)27-12-10-26(11-13-27)20(29)15-32-2/h8-9,16-17H,4-7,10-15H2,1-3H3. The van der Waals surface area contributed by atoms with Crippen LogP contribution in [0.1, 0.15) is 25.7 Å². The van der Waals surface area contributed by atoms with Gasteiger partial charge in [-0.05, 0) is 37.7 Å². The van der Waals surface area contributed by atoms with Gasteiger partial charge in [-0.15, -0.1) is 0 Å². The number of hydrogen-bond donors (Lipinski definition) is 0. The van der Waals surface area contributed by atoms with Crippen molar-refractivity contribution in [2.24, 2.45) is 18.9 Å². The van der Waals surface area contributed by atoms with Crippen LogP contribution in [-0.2, 0) is 27.9 Å². The van der Waals surface area contributed by atoms with Crippen LogP contribution in [0.4, 0.5) is 0 Å². The number of pyridine rings is 1. The van der Waals surface area contributed by atoms with Gasteiger partial charge in [-0.2, -0.15) is 4.98 Å². The fourth-order valence-electron chi connectivity index (χ4n) is 5.04. The first-order chi connectivity index (χ1) is 15.9. The van der Waals surface area contributed by atoms with Gasteiger partial charge in [0.15, 0.2) is 5.65 Å². The number of aryl methyl sites for hydroxylation is 1. The van der Waals surface area contributed by atoms with E-state index in [4.69, 9.17) is 9.47 Å². The van der Waals surface area contributed by atoms with Gasteiger partial charge >= 0.3 is 5.69 Å². The van der Waals surface area contributed by atoms with Crippen molar-refractivity contribution >= 4 is 23.0 Å². The molecule has 0 N–H and O–H groups in total. The summed E-state index contributed by atoms with van der Waals surface area (Å²) < 4.78 is 13.5. The lowest BCUT2D eigenvalue weighted by molar-refractivity contribution is -0.144. The van der Waals surface area contributed by atoms with Crippen LogP contribution in [-0.4, -0.2) is 82.7 Å². The molecule has 4 rings (SSSR count). The first-order valence-electron chi connectivity index (χ1n) is 11.6. The van der Waals surface area contributed by atoms with E-state index in [1.54, 1.807) is 34.3 Å². The van der Waals surface area contributed by atoms with Crippen LogP contribution in [0.5, 0.6) is 5.88 Å². The highest BCUT2D eigenvalue weighted by molar-refractivity contribution is 5.80. The second-order valence-corrected chi connectivity index (χ2v) is 9.01. The van der Waals surface area contributed by atoms with Gasteiger partial charge < -0.3 is 19.3 Å². The van der Waals surface area contributed by atoms with Crippen LogP contribution in [0, 0.1) is 11.8 Å². The number of nitrogens with zero attached hydrogens (tertiary/aromatic N) is 5. The Morgan fingerprint density at radius 1 is 1.03 bits per heavy atom. The molecule has 0 atom stereocenters. The number of carbonyl (C=O) groups is 2. The number of amides is 2. The zero-order valence-corrected chi connectivity index (χ0v) is 19.7. The van der Waals surface area contributed by atoms with E-state index in [0.717, 1.165) is 31.2 Å². The third-order valence-corrected chi connectivity index (χ3v) is 7.02. The van der Waals surface area contributed by atoms with E-state index in [0.29, 0.717) is 50.2 Å². The van der Waals surface area contributed by atoms with E-state index in [1.807, 2.05) is 11.0 Å². The monoisotopic (exact) mass is 459 g/mol. The summed E-state index contributed by atoms with van der Waals surface area (Å²) in [6, 6.07) is 3.62. The highest BCUT2D eigenvalue weighted by Gasteiger charge is 2.32. The van der Waals surface area contributed by atoms with Gasteiger partial charge in [0.25, 0.3) is 0 Å². The molecule has 0 radical (unpaired) electrons. The van der Waals surface area contributed by atoms with E-state index in [9.17, 15) is 14.4 Å². The largest absolute Gasteiger partial charge is 0.481 e. The molecule has 10 heteroatoms. The summed E-state index contributed by atoms with van der Waals surface area (Å²) in [4.78, 5) is 46.0. The Labute approximate surface area is 193 Å². The Morgan fingerprint density at radius 3 is 2.33 bits per heavy atom. The molecule has 1 saturated carbocycles. The Morgan fingerprint density at radius 2 is 1.70 bits per heavy atom. The Kier molecular flexibility index (Phi) is 7.02. The molecule has 0 aromatic carbocycles. The predicted molar refractivity (Wildman–Crippen MR) is 122 cm³/mol. The van der Waals surface area contributed by atoms with Crippen molar-refractivity contribution in [1.82, 2.24) is 23.9 Å². The van der Waals surface area contributed by atoms with Crippen molar-refractivity contribution in [3.63, 3.8) is 0 Å². The van der Waals surface area contributed by atoms with Gasteiger partial charge in [-0.25, -0.2) is 4.79 Å². The van der Waals surface area contributed by atoms with Crippen molar-refractivity contribution in [2.75, 3.05) is 47.0 Å². The van der Waals surface area contributed by atoms with Crippen LogP contribution in [0.3, 0.4) is 0 Å². The summed E-state index contributed by atoms with van der Waals surface area (Å²) >= 11 is 0. The first kappa shape index (κ1) is 23.3. The summed E-state index contributed by atoms with van der Waals surface area (Å²) in [5, 5.41) is 0. The SMILES string of the molecule is COCC(=O)N1CCN(C(=O)C2CCC(Cn3c(=O)n(C)c4ccc(OC)nc43)CC2)CC1. The molecule has 2 fully saturated rings. The summed E-state index contributed by atoms with van der Waals surface area (Å²) in [6.45, 7) is 2.95. The molecule has 2 aliphatic rings. The predicted octanol–water partition coefficient (Wildman–Crippen LogP) is 0.867. The molecule has 2 aromatic rings. The highest BCUT2D eigenvalue weighted by Crippen LogP contribution is 2.32. The number of hydrogen-bond acceptors (Lipinski definition) is 6. The average Bonchev–Trinajstić information content (AvgIpc) is 3.08. The molecule has 0 unspecified atom stereocenters. The molecular weight excluding hydrogens is 426 g/mol. The maximum atomic E-state index is 13.0. The first-order valence-corrected chi connectivity index (χ1v) is 11.6. The fraction of sp³-hybridized carbons (Fsp3) is 0.652. The minimum Gasteiger partial charge on any atom is -0.481 e. The topological polar surface area (TPSA) is 98.9 Å². The molecule has 180 valence electrons. The normalized spacial score (nSPS) is 21.4. The molecule has 0 bridgehead atoms. The summed E-state index contributed by atoms with van der Waals surface area (Å²) in [5.74, 6) is 1.00. The van der Waals surface area contributed by atoms with Crippen molar-refractivity contribution in [3.8, 4) is 5.88 Å². The fourth-order valence-corrected chi connectivity index (χ4v) is 5.04. The van der Waals surface area contributed by atoms with E-state index in [2.05, 4.69) is 4.98 Å². The molecular formula is C23H33N5O5. The van der Waals surface area contributed by atoms with Crippen LogP contribution in [0.15, 0.2) is 16.9 Å². The van der Waals surface area contributed by atoms with Crippen LogP contribution >= 0.6 is 0 Å². The molecule has 3 heterocycles. The van der Waals surface area contributed by atoms with Gasteiger partial charge in [0.1, 0.15) is 6.61 Å². The number of ether oxygens (including phenoxy) is 2. The smallest absolute Gasteiger partial charge is 0.330 e. The van der Waals surface area contributed by atoms with Crippen molar-refractivity contribution in [2.45, 2.75) is 32.2 Å². The van der Waals surface area contributed by atoms with Gasteiger partial charge in [-0.3, -0.25) is 18.7 Å². The molecule has 2 amide bonds. The number of methoxy groups -OCH3 is 2. The van der Waals surface area contributed by atoms with Crippen molar-refractivity contribution in [1.29, 1.82) is 0 Å². The van der Waals surface area contributed by atoms with E-state index >= 15 is 0 Å². The quantitative estimate of drug-likeness (QED) is 0.636. The maximum Gasteiger partial charge on any atom is 0.330 e. The Balaban J connectivity index is 1.34. The lowest BCUT2D eigenvalue weighted by Gasteiger charge is -2.38. The second kappa shape index (κ2) is 9.94. The Bertz CT molecular complexity index is 1060. The number of aromatic nitrogens is 3. The summed E-state index contributed by atoms with van der Waals surface area (Å²) in [6.07, 6.45) is 3.44. The third kappa shape index (κ3) is 4.75. The van der Waals surface area contributed by atoms with E-state index in [1.165, 1.54) is 7.11 Å². The zero-order valence-electron chi connectivity index (χ0n) is 19.7. The second-order valence-electron chi connectivity index (χ2n) is 9.01. The van der Waals surface area contributed by atoms with E-state index < -0.39 is 0 Å². The van der Waals surface area contributed by atoms with Gasteiger partial charge in [0.05, 0.1) is 12.6 Å². The van der Waals surface area contributed by atoms with Gasteiger partial charge in [0.2, 0.25) is 17.7 Å². The lowest BCUT2D eigenvalue weighted by Crippen LogP contribution is -2.52.